The summed E-state index contributed by atoms with van der Waals surface area (Å²) in [6.45, 7) is 10.7. The van der Waals surface area contributed by atoms with Gasteiger partial charge in [0.25, 0.3) is 0 Å². The largest absolute Gasteiger partial charge is 0.361 e. The number of rotatable bonds is 9. The number of hydrogen-bond donors (Lipinski definition) is 1. The van der Waals surface area contributed by atoms with E-state index in [0.29, 0.717) is 17.4 Å². The first-order valence-corrected chi connectivity index (χ1v) is 12.2. The number of piperidine rings is 1. The Labute approximate surface area is 196 Å². The lowest BCUT2D eigenvalue weighted by molar-refractivity contribution is -0.943. The third-order valence-electron chi connectivity index (χ3n) is 8.53. The van der Waals surface area contributed by atoms with Crippen molar-refractivity contribution < 1.29 is 9.59 Å². The lowest BCUT2D eigenvalue weighted by Crippen LogP contribution is -2.62. The van der Waals surface area contributed by atoms with Crippen molar-refractivity contribution in [2.75, 3.05) is 45.7 Å². The molecule has 0 saturated carbocycles. The molecule has 3 rings (SSSR count). The molecule has 2 aromatic carbocycles. The first kappa shape index (κ1) is 24.8. The van der Waals surface area contributed by atoms with Crippen molar-refractivity contribution in [2.45, 2.75) is 52.4 Å². The molecule has 1 saturated heterocycles. The van der Waals surface area contributed by atoms with Crippen molar-refractivity contribution in [1.82, 2.24) is 4.90 Å². The Balaban J connectivity index is 1.54. The van der Waals surface area contributed by atoms with E-state index in [4.69, 9.17) is 0 Å². The molecule has 1 N–H and O–H groups in total. The molecule has 2 aromatic rings. The molecule has 1 fully saturated rings. The molecule has 0 radical (unpaired) electrons. The summed E-state index contributed by atoms with van der Waals surface area (Å²) >= 11 is 0. The predicted octanol–water partition coefficient (Wildman–Crippen LogP) is 4.84. The average Bonchev–Trinajstić information content (AvgIpc) is 2.81. The zero-order valence-electron chi connectivity index (χ0n) is 21.0. The first-order chi connectivity index (χ1) is 15.2. The van der Waals surface area contributed by atoms with Gasteiger partial charge in [-0.15, -0.1) is 0 Å². The molecule has 32 heavy (non-hydrogen) atoms. The molecular formula is C28H44N3O+. The lowest BCUT2D eigenvalue weighted by Gasteiger charge is -2.54. The summed E-state index contributed by atoms with van der Waals surface area (Å²) in [7, 11) is 6.41. The minimum absolute atomic E-state index is 0.351. The summed E-state index contributed by atoms with van der Waals surface area (Å²) in [6, 6.07) is 21.7. The van der Waals surface area contributed by atoms with Crippen molar-refractivity contribution in [3.8, 4) is 0 Å². The van der Waals surface area contributed by atoms with Gasteiger partial charge in [0.15, 0.2) is 6.35 Å². The Kier molecular flexibility index (Phi) is 8.02. The van der Waals surface area contributed by atoms with Gasteiger partial charge in [-0.3, -0.25) is 4.90 Å². The fourth-order valence-electron chi connectivity index (χ4n) is 5.58. The van der Waals surface area contributed by atoms with Crippen LogP contribution < -0.4 is 4.90 Å². The van der Waals surface area contributed by atoms with E-state index >= 15 is 0 Å². The maximum Gasteiger partial charge on any atom is 0.186 e. The van der Waals surface area contributed by atoms with Gasteiger partial charge in [0.2, 0.25) is 0 Å². The van der Waals surface area contributed by atoms with E-state index in [0.717, 1.165) is 29.7 Å². The highest BCUT2D eigenvalue weighted by molar-refractivity contribution is 5.45. The number of nitrogens with zero attached hydrogens (tertiary/aromatic N) is 3. The quantitative estimate of drug-likeness (QED) is 0.448. The minimum Gasteiger partial charge on any atom is -0.361 e. The molecule has 1 aliphatic rings. The Morgan fingerprint density at radius 1 is 1.03 bits per heavy atom. The maximum absolute atomic E-state index is 10.8. The Morgan fingerprint density at radius 2 is 1.62 bits per heavy atom. The number of likely N-dealkylation sites (tertiary alicyclic amines) is 1. The van der Waals surface area contributed by atoms with Gasteiger partial charge in [-0.2, -0.15) is 0 Å². The van der Waals surface area contributed by atoms with Crippen LogP contribution in [0.5, 0.6) is 0 Å². The number of aliphatic hydroxyl groups is 1. The van der Waals surface area contributed by atoms with Gasteiger partial charge in [-0.05, 0) is 43.5 Å². The monoisotopic (exact) mass is 438 g/mol. The summed E-state index contributed by atoms with van der Waals surface area (Å²) in [5, 5.41) is 10.8. The van der Waals surface area contributed by atoms with Gasteiger partial charge in [-0.1, -0.05) is 62.4 Å². The summed E-state index contributed by atoms with van der Waals surface area (Å²) in [6.07, 6.45) is 2.90. The van der Waals surface area contributed by atoms with Crippen molar-refractivity contribution in [2.24, 2.45) is 11.3 Å². The van der Waals surface area contributed by atoms with Gasteiger partial charge in [0.1, 0.15) is 0 Å². The molecular weight excluding hydrogens is 394 g/mol. The zero-order chi connectivity index (χ0) is 23.4. The number of anilines is 1. The van der Waals surface area contributed by atoms with Gasteiger partial charge in [0.05, 0.1) is 26.2 Å². The Bertz CT molecular complexity index is 829. The topological polar surface area (TPSA) is 26.7 Å². The van der Waals surface area contributed by atoms with Crippen molar-refractivity contribution in [3.05, 3.63) is 66.2 Å². The van der Waals surface area contributed by atoms with Crippen LogP contribution >= 0.6 is 0 Å². The third kappa shape index (κ3) is 5.54. The van der Waals surface area contributed by atoms with E-state index in [1.807, 2.05) is 49.3 Å². The van der Waals surface area contributed by atoms with Gasteiger partial charge in [0, 0.05) is 38.0 Å². The number of hydrogen-bond acceptors (Lipinski definition) is 3. The van der Waals surface area contributed by atoms with E-state index in [1.165, 1.54) is 24.9 Å². The molecule has 5 atom stereocenters. The molecule has 176 valence electrons. The summed E-state index contributed by atoms with van der Waals surface area (Å²) in [5.41, 5.74) is 2.84. The molecule has 0 amide bonds. The molecule has 5 unspecified atom stereocenters. The third-order valence-corrected chi connectivity index (χ3v) is 8.53. The van der Waals surface area contributed by atoms with Crippen molar-refractivity contribution in [1.29, 1.82) is 0 Å². The normalized spacial score (nSPS) is 29.1. The van der Waals surface area contributed by atoms with Crippen LogP contribution in [-0.2, 0) is 6.42 Å². The van der Waals surface area contributed by atoms with Crippen LogP contribution in [0.4, 0.5) is 5.69 Å². The molecule has 4 heteroatoms. The van der Waals surface area contributed by atoms with E-state index in [2.05, 4.69) is 63.1 Å². The van der Waals surface area contributed by atoms with E-state index in [9.17, 15) is 5.11 Å². The maximum atomic E-state index is 10.8. The second kappa shape index (κ2) is 10.4. The number of quaternary nitrogens is 1. The second-order valence-electron chi connectivity index (χ2n) is 10.6. The molecule has 0 aliphatic carbocycles. The van der Waals surface area contributed by atoms with E-state index < -0.39 is 6.35 Å². The van der Waals surface area contributed by atoms with Crippen LogP contribution in [0, 0.1) is 11.3 Å². The smallest absolute Gasteiger partial charge is 0.186 e. The molecule has 1 aliphatic heterocycles. The molecule has 0 spiro atoms. The summed E-state index contributed by atoms with van der Waals surface area (Å²) < 4.78 is 1.13. The standard InChI is InChI=1S/C28H44N3O/c1-23-24(2)31(6,21-18-28(23,3)22-25-14-9-7-10-15-25)20-13-19-29(4)27(32)30(5)26-16-11-8-12-17-26/h7-12,14-17,23-24,27,32H,13,18-22H2,1-6H3/q+1. The molecule has 1 heterocycles. The van der Waals surface area contributed by atoms with Crippen LogP contribution in [-0.4, -0.2) is 67.7 Å². The number of benzene rings is 2. The molecule has 0 bridgehead atoms. The van der Waals surface area contributed by atoms with Crippen LogP contribution in [0.1, 0.15) is 39.2 Å². The van der Waals surface area contributed by atoms with Gasteiger partial charge < -0.3 is 14.5 Å². The number of para-hydroxylation sites is 1. The van der Waals surface area contributed by atoms with Crippen LogP contribution in [0.25, 0.3) is 0 Å². The van der Waals surface area contributed by atoms with E-state index in [-0.39, 0.29) is 0 Å². The van der Waals surface area contributed by atoms with Crippen molar-refractivity contribution >= 4 is 5.69 Å². The average molecular weight is 439 g/mol. The lowest BCUT2D eigenvalue weighted by atomic mass is 9.65. The van der Waals surface area contributed by atoms with E-state index in [1.54, 1.807) is 0 Å². The SMILES string of the molecule is CC1C(C)[N+](C)(CCCN(C)C(O)N(C)c2ccccc2)CCC1(C)Cc1ccccc1. The molecule has 0 aromatic heterocycles. The van der Waals surface area contributed by atoms with Crippen LogP contribution in [0.15, 0.2) is 60.7 Å². The highest BCUT2D eigenvalue weighted by Gasteiger charge is 2.47. The first-order valence-electron chi connectivity index (χ1n) is 12.2. The number of aliphatic hydroxyl groups excluding tert-OH is 1. The van der Waals surface area contributed by atoms with Crippen LogP contribution in [0.3, 0.4) is 0 Å². The minimum atomic E-state index is -0.616. The second-order valence-corrected chi connectivity index (χ2v) is 10.6. The van der Waals surface area contributed by atoms with Crippen LogP contribution in [0.2, 0.25) is 0 Å². The van der Waals surface area contributed by atoms with Gasteiger partial charge in [-0.25, -0.2) is 0 Å². The fourth-order valence-corrected chi connectivity index (χ4v) is 5.58. The summed E-state index contributed by atoms with van der Waals surface area (Å²) in [4.78, 5) is 3.98. The summed E-state index contributed by atoms with van der Waals surface area (Å²) in [5.74, 6) is 0.661. The Morgan fingerprint density at radius 3 is 2.25 bits per heavy atom. The fraction of sp³-hybridized carbons (Fsp3) is 0.571. The van der Waals surface area contributed by atoms with Gasteiger partial charge >= 0.3 is 0 Å². The Hall–Kier alpha value is -1.88. The highest BCUT2D eigenvalue weighted by atomic mass is 16.3. The predicted molar refractivity (Wildman–Crippen MR) is 136 cm³/mol. The highest BCUT2D eigenvalue weighted by Crippen LogP contribution is 2.44. The zero-order valence-corrected chi connectivity index (χ0v) is 21.0. The van der Waals surface area contributed by atoms with Crippen molar-refractivity contribution in [3.63, 3.8) is 0 Å². The molecule has 4 nitrogen and oxygen atoms in total.